The van der Waals surface area contributed by atoms with E-state index in [1.807, 2.05) is 0 Å². The number of anilines is 1. The van der Waals surface area contributed by atoms with Crippen LogP contribution in [0.4, 0.5) is 5.69 Å². The van der Waals surface area contributed by atoms with Crippen LogP contribution in [0.2, 0.25) is 5.02 Å². The Morgan fingerprint density at radius 1 is 1.44 bits per heavy atom. The van der Waals surface area contributed by atoms with Crippen molar-refractivity contribution in [1.82, 2.24) is 15.2 Å². The number of rotatable bonds is 2. The molecule has 0 bridgehead atoms. The van der Waals surface area contributed by atoms with Crippen LogP contribution >= 0.6 is 11.6 Å². The summed E-state index contributed by atoms with van der Waals surface area (Å²) >= 11 is 6.00. The van der Waals surface area contributed by atoms with E-state index in [1.165, 1.54) is 6.20 Å². The van der Waals surface area contributed by atoms with Gasteiger partial charge in [-0.1, -0.05) is 11.6 Å². The van der Waals surface area contributed by atoms with Gasteiger partial charge in [0.15, 0.2) is 0 Å². The summed E-state index contributed by atoms with van der Waals surface area (Å²) in [5, 5.41) is 9.38. The predicted octanol–water partition coefficient (Wildman–Crippen LogP) is 2.02. The van der Waals surface area contributed by atoms with Crippen LogP contribution in [0.1, 0.15) is 16.2 Å². The Balaban J connectivity index is 2.22. The molecule has 0 spiro atoms. The molecule has 2 heterocycles. The highest BCUT2D eigenvalue weighted by atomic mass is 35.5. The summed E-state index contributed by atoms with van der Waals surface area (Å²) in [4.78, 5) is 15.7. The third-order valence-electron chi connectivity index (χ3n) is 2.06. The molecule has 0 saturated heterocycles. The molecule has 16 heavy (non-hydrogen) atoms. The van der Waals surface area contributed by atoms with Gasteiger partial charge >= 0.3 is 0 Å². The monoisotopic (exact) mass is 236 g/mol. The van der Waals surface area contributed by atoms with Crippen molar-refractivity contribution in [3.05, 3.63) is 40.9 Å². The summed E-state index contributed by atoms with van der Waals surface area (Å²) in [5.74, 6) is -0.287. The van der Waals surface area contributed by atoms with Crippen LogP contribution in [0.25, 0.3) is 0 Å². The van der Waals surface area contributed by atoms with Crippen molar-refractivity contribution in [2.45, 2.75) is 6.92 Å². The number of carbonyl (C=O) groups is 1. The maximum Gasteiger partial charge on any atom is 0.273 e. The molecule has 0 aliphatic carbocycles. The molecule has 5 nitrogen and oxygen atoms in total. The van der Waals surface area contributed by atoms with E-state index < -0.39 is 0 Å². The first kappa shape index (κ1) is 10.6. The lowest BCUT2D eigenvalue weighted by Gasteiger charge is -2.06. The van der Waals surface area contributed by atoms with Gasteiger partial charge in [-0.25, -0.2) is 0 Å². The van der Waals surface area contributed by atoms with Gasteiger partial charge < -0.3 is 5.32 Å². The first-order chi connectivity index (χ1) is 7.68. The molecule has 82 valence electrons. The van der Waals surface area contributed by atoms with Gasteiger partial charge in [0.1, 0.15) is 5.69 Å². The average Bonchev–Trinajstić information content (AvgIpc) is 2.78. The van der Waals surface area contributed by atoms with Gasteiger partial charge in [-0.2, -0.15) is 5.10 Å². The van der Waals surface area contributed by atoms with E-state index in [2.05, 4.69) is 20.5 Å². The van der Waals surface area contributed by atoms with E-state index >= 15 is 0 Å². The second kappa shape index (κ2) is 4.32. The van der Waals surface area contributed by atoms with Crippen molar-refractivity contribution in [3.63, 3.8) is 0 Å². The maximum absolute atomic E-state index is 11.7. The Bertz CT molecular complexity index is 510. The third kappa shape index (κ3) is 2.04. The molecule has 1 amide bonds. The van der Waals surface area contributed by atoms with E-state index in [1.54, 1.807) is 25.3 Å². The fourth-order valence-electron chi connectivity index (χ4n) is 1.22. The number of hydrogen-bond acceptors (Lipinski definition) is 3. The fraction of sp³-hybridized carbons (Fsp3) is 0.100. The van der Waals surface area contributed by atoms with Crippen molar-refractivity contribution >= 4 is 23.2 Å². The molecular weight excluding hydrogens is 228 g/mol. The van der Waals surface area contributed by atoms with E-state index in [-0.39, 0.29) is 5.91 Å². The lowest BCUT2D eigenvalue weighted by Crippen LogP contribution is -2.13. The van der Waals surface area contributed by atoms with Crippen LogP contribution in [0.15, 0.2) is 24.5 Å². The standard InChI is InChI=1S/C10H9ClN4O/c1-6-9(11)7(2-4-12-6)14-10(16)8-3-5-13-15-8/h2-5H,1H3,(H,13,15)(H,12,14,16). The Morgan fingerprint density at radius 2 is 2.25 bits per heavy atom. The first-order valence-corrected chi connectivity index (χ1v) is 4.98. The number of pyridine rings is 1. The van der Waals surface area contributed by atoms with Crippen LogP contribution < -0.4 is 5.32 Å². The van der Waals surface area contributed by atoms with Gasteiger partial charge in [0.25, 0.3) is 5.91 Å². The Hall–Kier alpha value is -1.88. The molecule has 0 aliphatic heterocycles. The molecule has 0 aliphatic rings. The molecule has 0 fully saturated rings. The van der Waals surface area contributed by atoms with Crippen LogP contribution in [-0.2, 0) is 0 Å². The molecule has 0 unspecified atom stereocenters. The second-order valence-electron chi connectivity index (χ2n) is 3.18. The summed E-state index contributed by atoms with van der Waals surface area (Å²) in [7, 11) is 0. The summed E-state index contributed by atoms with van der Waals surface area (Å²) < 4.78 is 0. The topological polar surface area (TPSA) is 70.7 Å². The SMILES string of the molecule is Cc1nccc(NC(=O)c2ccn[nH]2)c1Cl. The fourth-order valence-corrected chi connectivity index (χ4v) is 1.38. The molecule has 2 aromatic heterocycles. The third-order valence-corrected chi connectivity index (χ3v) is 2.53. The van der Waals surface area contributed by atoms with Crippen LogP contribution in [0, 0.1) is 6.92 Å². The van der Waals surface area contributed by atoms with Gasteiger partial charge in [-0.15, -0.1) is 0 Å². The van der Waals surface area contributed by atoms with Crippen molar-refractivity contribution < 1.29 is 4.79 Å². The van der Waals surface area contributed by atoms with E-state index in [9.17, 15) is 4.79 Å². The zero-order valence-electron chi connectivity index (χ0n) is 8.49. The summed E-state index contributed by atoms with van der Waals surface area (Å²) in [6, 6.07) is 3.22. The molecule has 0 atom stereocenters. The summed E-state index contributed by atoms with van der Waals surface area (Å²) in [6.45, 7) is 1.77. The highest BCUT2D eigenvalue weighted by molar-refractivity contribution is 6.34. The molecule has 6 heteroatoms. The first-order valence-electron chi connectivity index (χ1n) is 4.60. The van der Waals surface area contributed by atoms with E-state index in [0.717, 1.165) is 0 Å². The highest BCUT2D eigenvalue weighted by Gasteiger charge is 2.10. The number of aryl methyl sites for hydroxylation is 1. The van der Waals surface area contributed by atoms with Crippen molar-refractivity contribution in [2.75, 3.05) is 5.32 Å². The Kier molecular flexibility index (Phi) is 2.87. The maximum atomic E-state index is 11.7. The number of amides is 1. The van der Waals surface area contributed by atoms with Crippen LogP contribution in [0.5, 0.6) is 0 Å². The molecule has 0 saturated carbocycles. The molecule has 0 aromatic carbocycles. The van der Waals surface area contributed by atoms with Gasteiger partial charge in [-0.3, -0.25) is 14.9 Å². The van der Waals surface area contributed by atoms with Gasteiger partial charge in [-0.05, 0) is 19.1 Å². The van der Waals surface area contributed by atoms with Crippen molar-refractivity contribution in [3.8, 4) is 0 Å². The largest absolute Gasteiger partial charge is 0.319 e. The number of H-pyrrole nitrogens is 1. The Labute approximate surface area is 96.8 Å². The van der Waals surface area contributed by atoms with Crippen LogP contribution in [-0.4, -0.2) is 21.1 Å². The average molecular weight is 237 g/mol. The summed E-state index contributed by atoms with van der Waals surface area (Å²) in [5.41, 5.74) is 1.59. The number of nitrogens with zero attached hydrogens (tertiary/aromatic N) is 2. The molecule has 2 aromatic rings. The minimum atomic E-state index is -0.287. The molecular formula is C10H9ClN4O. The number of aromatic amines is 1. The summed E-state index contributed by atoms with van der Waals surface area (Å²) in [6.07, 6.45) is 3.10. The minimum Gasteiger partial charge on any atom is -0.319 e. The van der Waals surface area contributed by atoms with Crippen molar-refractivity contribution in [2.24, 2.45) is 0 Å². The van der Waals surface area contributed by atoms with Crippen molar-refractivity contribution in [1.29, 1.82) is 0 Å². The molecule has 2 N–H and O–H groups in total. The van der Waals surface area contributed by atoms with Gasteiger partial charge in [0, 0.05) is 12.4 Å². The number of carbonyl (C=O) groups excluding carboxylic acids is 1. The highest BCUT2D eigenvalue weighted by Crippen LogP contribution is 2.23. The number of halogens is 1. The molecule has 2 rings (SSSR count). The molecule has 0 radical (unpaired) electrons. The van der Waals surface area contributed by atoms with Crippen LogP contribution in [0.3, 0.4) is 0 Å². The van der Waals surface area contributed by atoms with E-state index in [0.29, 0.717) is 22.1 Å². The van der Waals surface area contributed by atoms with Gasteiger partial charge in [0.05, 0.1) is 16.4 Å². The lowest BCUT2D eigenvalue weighted by molar-refractivity contribution is 0.102. The smallest absolute Gasteiger partial charge is 0.273 e. The number of aromatic nitrogens is 3. The second-order valence-corrected chi connectivity index (χ2v) is 3.56. The quantitative estimate of drug-likeness (QED) is 0.838. The Morgan fingerprint density at radius 3 is 2.94 bits per heavy atom. The lowest BCUT2D eigenvalue weighted by atomic mass is 10.3. The van der Waals surface area contributed by atoms with Gasteiger partial charge in [0.2, 0.25) is 0 Å². The zero-order valence-corrected chi connectivity index (χ0v) is 9.25. The predicted molar refractivity (Wildman–Crippen MR) is 60.5 cm³/mol. The normalized spacial score (nSPS) is 10.1. The minimum absolute atomic E-state index is 0.287. The zero-order chi connectivity index (χ0) is 11.5. The number of nitrogens with one attached hydrogen (secondary N) is 2. The van der Waals surface area contributed by atoms with E-state index in [4.69, 9.17) is 11.6 Å². The number of hydrogen-bond donors (Lipinski definition) is 2.